The van der Waals surface area contributed by atoms with Gasteiger partial charge in [-0.2, -0.15) is 0 Å². The van der Waals surface area contributed by atoms with E-state index in [1.807, 2.05) is 6.92 Å². The highest BCUT2D eigenvalue weighted by Crippen LogP contribution is 2.34. The molecule has 2 N–H and O–H groups in total. The van der Waals surface area contributed by atoms with Crippen LogP contribution in [0.25, 0.3) is 0 Å². The van der Waals surface area contributed by atoms with Gasteiger partial charge in [0.15, 0.2) is 11.5 Å². The Labute approximate surface area is 112 Å². The summed E-state index contributed by atoms with van der Waals surface area (Å²) < 4.78 is 10.5. The SMILES string of the molecule is CCCNC(=O)CCC(O)c1ccc2c(c1)OCO2. The number of rotatable bonds is 6. The zero-order chi connectivity index (χ0) is 13.7. The van der Waals surface area contributed by atoms with Gasteiger partial charge in [-0.25, -0.2) is 0 Å². The number of carbonyl (C=O) groups is 1. The van der Waals surface area contributed by atoms with E-state index in [0.717, 1.165) is 12.0 Å². The van der Waals surface area contributed by atoms with Crippen molar-refractivity contribution in [2.45, 2.75) is 32.3 Å². The van der Waals surface area contributed by atoms with Crippen LogP contribution in [0.3, 0.4) is 0 Å². The Bertz CT molecular complexity index is 447. The highest BCUT2D eigenvalue weighted by Gasteiger charge is 2.17. The molecule has 1 aliphatic heterocycles. The average molecular weight is 265 g/mol. The van der Waals surface area contributed by atoms with Crippen molar-refractivity contribution in [1.29, 1.82) is 0 Å². The molecule has 5 heteroatoms. The lowest BCUT2D eigenvalue weighted by atomic mass is 10.0. The quantitative estimate of drug-likeness (QED) is 0.822. The fourth-order valence-corrected chi connectivity index (χ4v) is 1.91. The summed E-state index contributed by atoms with van der Waals surface area (Å²) in [6, 6.07) is 5.33. The molecule has 0 aliphatic carbocycles. The molecule has 19 heavy (non-hydrogen) atoms. The van der Waals surface area contributed by atoms with Crippen LogP contribution in [-0.2, 0) is 4.79 Å². The molecule has 0 bridgehead atoms. The topological polar surface area (TPSA) is 67.8 Å². The van der Waals surface area contributed by atoms with Gasteiger partial charge in [-0.3, -0.25) is 4.79 Å². The van der Waals surface area contributed by atoms with E-state index < -0.39 is 6.10 Å². The molecule has 1 unspecified atom stereocenters. The highest BCUT2D eigenvalue weighted by molar-refractivity contribution is 5.75. The van der Waals surface area contributed by atoms with Crippen molar-refractivity contribution in [1.82, 2.24) is 5.32 Å². The summed E-state index contributed by atoms with van der Waals surface area (Å²) in [4.78, 5) is 11.5. The van der Waals surface area contributed by atoms with Crippen molar-refractivity contribution < 1.29 is 19.4 Å². The van der Waals surface area contributed by atoms with Crippen LogP contribution in [0.15, 0.2) is 18.2 Å². The maximum atomic E-state index is 11.5. The molecule has 104 valence electrons. The van der Waals surface area contributed by atoms with Gasteiger partial charge < -0.3 is 19.9 Å². The molecule has 1 atom stereocenters. The number of aliphatic hydroxyl groups excluding tert-OH is 1. The Balaban J connectivity index is 1.86. The van der Waals surface area contributed by atoms with Gasteiger partial charge in [0, 0.05) is 13.0 Å². The minimum atomic E-state index is -0.665. The first kappa shape index (κ1) is 13.7. The number of hydrogen-bond acceptors (Lipinski definition) is 4. The highest BCUT2D eigenvalue weighted by atomic mass is 16.7. The van der Waals surface area contributed by atoms with Gasteiger partial charge in [-0.05, 0) is 30.5 Å². The van der Waals surface area contributed by atoms with Gasteiger partial charge in [-0.15, -0.1) is 0 Å². The van der Waals surface area contributed by atoms with Crippen LogP contribution < -0.4 is 14.8 Å². The molecule has 0 aromatic heterocycles. The van der Waals surface area contributed by atoms with Gasteiger partial charge in [0.2, 0.25) is 12.7 Å². The smallest absolute Gasteiger partial charge is 0.231 e. The summed E-state index contributed by atoms with van der Waals surface area (Å²) in [6.07, 6.45) is 0.961. The van der Waals surface area contributed by atoms with E-state index in [4.69, 9.17) is 9.47 Å². The van der Waals surface area contributed by atoms with Crippen LogP contribution in [0.1, 0.15) is 37.9 Å². The molecule has 0 saturated heterocycles. The van der Waals surface area contributed by atoms with E-state index in [-0.39, 0.29) is 12.7 Å². The molecule has 1 aliphatic rings. The van der Waals surface area contributed by atoms with E-state index in [1.54, 1.807) is 18.2 Å². The van der Waals surface area contributed by atoms with Crippen LogP contribution in [0, 0.1) is 0 Å². The summed E-state index contributed by atoms with van der Waals surface area (Å²) in [5.74, 6) is 1.31. The third-order valence-corrected chi connectivity index (χ3v) is 3.00. The summed E-state index contributed by atoms with van der Waals surface area (Å²) in [7, 11) is 0. The Morgan fingerprint density at radius 3 is 3.00 bits per heavy atom. The molecular weight excluding hydrogens is 246 g/mol. The lowest BCUT2D eigenvalue weighted by Crippen LogP contribution is -2.24. The number of carbonyl (C=O) groups excluding carboxylic acids is 1. The number of benzene rings is 1. The van der Waals surface area contributed by atoms with Crippen LogP contribution in [0.5, 0.6) is 11.5 Å². The van der Waals surface area contributed by atoms with Crippen molar-refractivity contribution >= 4 is 5.91 Å². The first-order valence-electron chi connectivity index (χ1n) is 6.55. The van der Waals surface area contributed by atoms with Crippen molar-refractivity contribution in [3.05, 3.63) is 23.8 Å². The number of nitrogens with one attached hydrogen (secondary N) is 1. The fraction of sp³-hybridized carbons (Fsp3) is 0.500. The maximum absolute atomic E-state index is 11.5. The third kappa shape index (κ3) is 3.61. The monoisotopic (exact) mass is 265 g/mol. The molecule has 1 aromatic rings. The summed E-state index contributed by atoms with van der Waals surface area (Å²) in [6.45, 7) is 2.90. The number of hydrogen-bond donors (Lipinski definition) is 2. The Morgan fingerprint density at radius 2 is 2.21 bits per heavy atom. The normalized spacial score (nSPS) is 14.2. The molecule has 0 fully saturated rings. The summed E-state index contributed by atoms with van der Waals surface area (Å²) in [5.41, 5.74) is 0.743. The van der Waals surface area contributed by atoms with Gasteiger partial charge in [0.25, 0.3) is 0 Å². The van der Waals surface area contributed by atoms with Crippen LogP contribution in [0.2, 0.25) is 0 Å². The van der Waals surface area contributed by atoms with E-state index in [0.29, 0.717) is 30.9 Å². The van der Waals surface area contributed by atoms with Crippen LogP contribution in [0.4, 0.5) is 0 Å². The minimum absolute atomic E-state index is 0.0263. The lowest BCUT2D eigenvalue weighted by molar-refractivity contribution is -0.121. The Kier molecular flexibility index (Phi) is 4.63. The van der Waals surface area contributed by atoms with Crippen molar-refractivity contribution in [3.63, 3.8) is 0 Å². The number of ether oxygens (including phenoxy) is 2. The van der Waals surface area contributed by atoms with Gasteiger partial charge in [0.05, 0.1) is 6.10 Å². The predicted molar refractivity (Wildman–Crippen MR) is 70.1 cm³/mol. The number of aliphatic hydroxyl groups is 1. The summed E-state index contributed by atoms with van der Waals surface area (Å²) >= 11 is 0. The van der Waals surface area contributed by atoms with Crippen molar-refractivity contribution in [2.24, 2.45) is 0 Å². The standard InChI is InChI=1S/C14H19NO4/c1-2-7-15-14(17)6-4-11(16)10-3-5-12-13(8-10)19-9-18-12/h3,5,8,11,16H,2,4,6-7,9H2,1H3,(H,15,17). The lowest BCUT2D eigenvalue weighted by Gasteiger charge is -2.11. The number of amides is 1. The van der Waals surface area contributed by atoms with E-state index in [1.165, 1.54) is 0 Å². The fourth-order valence-electron chi connectivity index (χ4n) is 1.91. The first-order valence-corrected chi connectivity index (χ1v) is 6.55. The minimum Gasteiger partial charge on any atom is -0.454 e. The molecule has 1 amide bonds. The van der Waals surface area contributed by atoms with E-state index in [2.05, 4.69) is 5.32 Å². The second-order valence-corrected chi connectivity index (χ2v) is 4.52. The first-order chi connectivity index (χ1) is 9.20. The predicted octanol–water partition coefficient (Wildman–Crippen LogP) is 1.76. The van der Waals surface area contributed by atoms with Gasteiger partial charge >= 0.3 is 0 Å². The summed E-state index contributed by atoms with van der Waals surface area (Å²) in [5, 5.41) is 12.8. The van der Waals surface area contributed by atoms with Crippen molar-refractivity contribution in [3.8, 4) is 11.5 Å². The molecular formula is C14H19NO4. The Morgan fingerprint density at radius 1 is 1.42 bits per heavy atom. The molecule has 0 radical (unpaired) electrons. The Hall–Kier alpha value is -1.75. The zero-order valence-corrected chi connectivity index (χ0v) is 11.0. The average Bonchev–Trinajstić information content (AvgIpc) is 2.89. The second-order valence-electron chi connectivity index (χ2n) is 4.52. The molecule has 0 spiro atoms. The molecule has 1 heterocycles. The van der Waals surface area contributed by atoms with Gasteiger partial charge in [0.1, 0.15) is 0 Å². The second kappa shape index (κ2) is 6.43. The van der Waals surface area contributed by atoms with E-state index in [9.17, 15) is 9.90 Å². The third-order valence-electron chi connectivity index (χ3n) is 3.00. The molecule has 2 rings (SSSR count). The molecule has 1 aromatic carbocycles. The zero-order valence-electron chi connectivity index (χ0n) is 11.0. The van der Waals surface area contributed by atoms with Crippen LogP contribution in [-0.4, -0.2) is 24.4 Å². The van der Waals surface area contributed by atoms with Crippen molar-refractivity contribution in [2.75, 3.05) is 13.3 Å². The molecule has 5 nitrogen and oxygen atoms in total. The largest absolute Gasteiger partial charge is 0.454 e. The van der Waals surface area contributed by atoms with Crippen LogP contribution >= 0.6 is 0 Å². The van der Waals surface area contributed by atoms with Gasteiger partial charge in [-0.1, -0.05) is 13.0 Å². The molecule has 0 saturated carbocycles. The maximum Gasteiger partial charge on any atom is 0.231 e. The van der Waals surface area contributed by atoms with E-state index >= 15 is 0 Å². The number of fused-ring (bicyclic) bond motifs is 1.